The van der Waals surface area contributed by atoms with Crippen LogP contribution in [0.5, 0.6) is 23.0 Å². The van der Waals surface area contributed by atoms with Gasteiger partial charge < -0.3 is 29.2 Å². The molecule has 0 fully saturated rings. The van der Waals surface area contributed by atoms with Gasteiger partial charge in [-0.2, -0.15) is 0 Å². The molecule has 0 amide bonds. The summed E-state index contributed by atoms with van der Waals surface area (Å²) in [6.45, 7) is 4.04. The molecule has 9 heteroatoms. The van der Waals surface area contributed by atoms with Crippen LogP contribution in [0.15, 0.2) is 57.6 Å². The van der Waals surface area contributed by atoms with Crippen LogP contribution in [0.3, 0.4) is 0 Å². The van der Waals surface area contributed by atoms with Gasteiger partial charge >= 0.3 is 5.97 Å². The van der Waals surface area contributed by atoms with Gasteiger partial charge in [0.25, 0.3) is 0 Å². The average molecular weight is 472 g/mol. The van der Waals surface area contributed by atoms with Crippen molar-refractivity contribution in [2.75, 3.05) is 27.4 Å². The van der Waals surface area contributed by atoms with Crippen molar-refractivity contribution in [2.45, 2.75) is 13.8 Å². The minimum absolute atomic E-state index is 0.0146. The van der Waals surface area contributed by atoms with Crippen molar-refractivity contribution in [2.24, 2.45) is 4.99 Å². The van der Waals surface area contributed by atoms with Gasteiger partial charge in [0.05, 0.1) is 38.0 Å². The molecule has 0 spiro atoms. The molecule has 1 aliphatic rings. The number of esters is 1. The number of aliphatic imine (C=N–C) groups is 1. The number of phenols is 1. The van der Waals surface area contributed by atoms with Crippen LogP contribution < -0.4 is 14.2 Å². The Morgan fingerprint density at radius 2 is 1.76 bits per heavy atom. The molecule has 0 unspecified atom stereocenters. The number of hydrogen-bond acceptors (Lipinski definition) is 9. The Balaban J connectivity index is 2.04. The second kappa shape index (κ2) is 10.8. The van der Waals surface area contributed by atoms with E-state index in [-0.39, 0.29) is 28.7 Å². The van der Waals surface area contributed by atoms with Crippen LogP contribution in [0.4, 0.5) is 5.69 Å². The highest BCUT2D eigenvalue weighted by atomic mass is 32.2. The minimum Gasteiger partial charge on any atom is -0.506 e. The number of methoxy groups -OCH3 is 2. The van der Waals surface area contributed by atoms with Crippen molar-refractivity contribution in [3.63, 3.8) is 0 Å². The first-order chi connectivity index (χ1) is 15.9. The monoisotopic (exact) mass is 471 g/mol. The predicted octanol–water partition coefficient (Wildman–Crippen LogP) is 5.00. The van der Waals surface area contributed by atoms with Gasteiger partial charge in [0.1, 0.15) is 16.4 Å². The van der Waals surface area contributed by atoms with Gasteiger partial charge in [0, 0.05) is 6.07 Å². The number of thioether (sulfide) groups is 1. The molecule has 2 N–H and O–H groups in total. The van der Waals surface area contributed by atoms with E-state index in [1.165, 1.54) is 20.3 Å². The summed E-state index contributed by atoms with van der Waals surface area (Å²) in [4.78, 5) is 17.6. The highest BCUT2D eigenvalue weighted by Gasteiger charge is 2.33. The van der Waals surface area contributed by atoms with Crippen molar-refractivity contribution >= 4 is 34.5 Å². The van der Waals surface area contributed by atoms with Crippen molar-refractivity contribution in [3.05, 3.63) is 58.2 Å². The molecule has 0 bridgehead atoms. The Morgan fingerprint density at radius 3 is 2.42 bits per heavy atom. The zero-order valence-corrected chi connectivity index (χ0v) is 19.6. The third-order valence-electron chi connectivity index (χ3n) is 4.55. The van der Waals surface area contributed by atoms with Crippen LogP contribution in [0, 0.1) is 0 Å². The first-order valence-electron chi connectivity index (χ1n) is 10.2. The summed E-state index contributed by atoms with van der Waals surface area (Å²) in [5, 5.41) is 21.1. The van der Waals surface area contributed by atoms with Crippen LogP contribution in [0.2, 0.25) is 0 Å². The molecule has 0 aliphatic carbocycles. The summed E-state index contributed by atoms with van der Waals surface area (Å²) in [7, 11) is 3.05. The molecule has 2 aromatic carbocycles. The number of rotatable bonds is 8. The van der Waals surface area contributed by atoms with Crippen molar-refractivity contribution in [1.29, 1.82) is 0 Å². The molecule has 3 rings (SSSR count). The Bertz CT molecular complexity index is 1140. The zero-order chi connectivity index (χ0) is 24.0. The lowest BCUT2D eigenvalue weighted by Gasteiger charge is -2.08. The molecule has 0 aromatic heterocycles. The van der Waals surface area contributed by atoms with E-state index in [1.54, 1.807) is 43.3 Å². The summed E-state index contributed by atoms with van der Waals surface area (Å²) < 4.78 is 21.1. The van der Waals surface area contributed by atoms with E-state index in [0.717, 1.165) is 11.8 Å². The first kappa shape index (κ1) is 24.1. The summed E-state index contributed by atoms with van der Waals surface area (Å²) in [5.41, 5.74) is 1.15. The van der Waals surface area contributed by atoms with Crippen molar-refractivity contribution in [1.82, 2.24) is 0 Å². The summed E-state index contributed by atoms with van der Waals surface area (Å²) >= 11 is 1.13. The number of nitrogens with zero attached hydrogens (tertiary/aromatic N) is 1. The van der Waals surface area contributed by atoms with Crippen LogP contribution in [0.1, 0.15) is 19.4 Å². The number of aliphatic hydroxyl groups excluding tert-OH is 1. The number of aliphatic hydroxyl groups is 1. The minimum atomic E-state index is -0.675. The van der Waals surface area contributed by atoms with E-state index in [1.807, 2.05) is 6.92 Å². The van der Waals surface area contributed by atoms with Crippen LogP contribution in [-0.4, -0.2) is 48.7 Å². The Hall–Kier alpha value is -3.59. The highest BCUT2D eigenvalue weighted by Crippen LogP contribution is 2.41. The van der Waals surface area contributed by atoms with Crippen LogP contribution in [-0.2, 0) is 9.53 Å². The van der Waals surface area contributed by atoms with Crippen LogP contribution >= 0.6 is 11.8 Å². The van der Waals surface area contributed by atoms with E-state index >= 15 is 0 Å². The van der Waals surface area contributed by atoms with E-state index in [2.05, 4.69) is 4.99 Å². The fraction of sp³-hybridized carbons (Fsp3) is 0.250. The fourth-order valence-electron chi connectivity index (χ4n) is 3.05. The molecule has 1 aliphatic heterocycles. The SMILES string of the molecule is CCOC(=O)C1=C(O)C(=Cc2ccc(O)c(OCC)c2)SC1=Nc1ccc(OC)c(OC)c1. The van der Waals surface area contributed by atoms with Gasteiger partial charge in [0.2, 0.25) is 0 Å². The molecular formula is C24H25NO7S. The Kier molecular flexibility index (Phi) is 7.89. The lowest BCUT2D eigenvalue weighted by Crippen LogP contribution is -2.12. The Morgan fingerprint density at radius 1 is 1.00 bits per heavy atom. The van der Waals surface area contributed by atoms with Gasteiger partial charge in [-0.25, -0.2) is 9.79 Å². The van der Waals surface area contributed by atoms with E-state index in [4.69, 9.17) is 18.9 Å². The highest BCUT2D eigenvalue weighted by molar-refractivity contribution is 8.18. The molecule has 2 aromatic rings. The number of hydrogen-bond donors (Lipinski definition) is 2. The molecule has 0 saturated carbocycles. The van der Waals surface area contributed by atoms with Gasteiger partial charge in [-0.15, -0.1) is 0 Å². The zero-order valence-electron chi connectivity index (χ0n) is 18.7. The first-order valence-corrected chi connectivity index (χ1v) is 11.0. The second-order valence-corrected chi connectivity index (χ2v) is 7.70. The van der Waals surface area contributed by atoms with Gasteiger partial charge in [-0.1, -0.05) is 17.8 Å². The third kappa shape index (κ3) is 5.43. The maximum absolute atomic E-state index is 12.6. The van der Waals surface area contributed by atoms with E-state index in [0.29, 0.717) is 40.0 Å². The molecule has 0 atom stereocenters. The predicted molar refractivity (Wildman–Crippen MR) is 128 cm³/mol. The number of benzene rings is 2. The molecule has 8 nitrogen and oxygen atoms in total. The maximum atomic E-state index is 12.6. The second-order valence-electron chi connectivity index (χ2n) is 6.67. The number of aromatic hydroxyl groups is 1. The maximum Gasteiger partial charge on any atom is 0.344 e. The van der Waals surface area contributed by atoms with E-state index in [9.17, 15) is 15.0 Å². The number of phenolic OH excluding ortho intramolecular Hbond substituents is 1. The largest absolute Gasteiger partial charge is 0.506 e. The normalized spacial score (nSPS) is 15.8. The standard InChI is InChI=1S/C24H25NO7S/c1-5-31-18-11-14(7-9-16(18)26)12-20-22(27)21(24(28)32-6-2)23(33-20)25-15-8-10-17(29-3)19(13-15)30-4/h7-13,26-27H,5-6H2,1-4H3. The molecule has 1 heterocycles. The Labute approximate surface area is 196 Å². The molecular weight excluding hydrogens is 446 g/mol. The van der Waals surface area contributed by atoms with Gasteiger partial charge in [-0.05, 0) is 49.8 Å². The fourth-order valence-corrected chi connectivity index (χ4v) is 4.08. The molecule has 33 heavy (non-hydrogen) atoms. The third-order valence-corrected chi connectivity index (χ3v) is 5.57. The number of ether oxygens (including phenoxy) is 4. The molecule has 174 valence electrons. The summed E-state index contributed by atoms with van der Waals surface area (Å²) in [6, 6.07) is 9.91. The average Bonchev–Trinajstić information content (AvgIpc) is 3.10. The number of carbonyl (C=O) groups is 1. The molecule has 0 radical (unpaired) electrons. The lowest BCUT2D eigenvalue weighted by molar-refractivity contribution is -0.138. The van der Waals surface area contributed by atoms with E-state index < -0.39 is 5.97 Å². The van der Waals surface area contributed by atoms with Gasteiger partial charge in [0.15, 0.2) is 23.0 Å². The lowest BCUT2D eigenvalue weighted by atomic mass is 10.1. The summed E-state index contributed by atoms with van der Waals surface area (Å²) in [5.74, 6) is 0.456. The topological polar surface area (TPSA) is 107 Å². The van der Waals surface area contributed by atoms with Crippen LogP contribution in [0.25, 0.3) is 6.08 Å². The summed E-state index contributed by atoms with van der Waals surface area (Å²) in [6.07, 6.45) is 1.68. The molecule has 0 saturated heterocycles. The van der Waals surface area contributed by atoms with Crippen molar-refractivity contribution < 1.29 is 34.0 Å². The van der Waals surface area contributed by atoms with Gasteiger partial charge in [-0.3, -0.25) is 0 Å². The smallest absolute Gasteiger partial charge is 0.344 e. The number of carbonyl (C=O) groups excluding carboxylic acids is 1. The quantitative estimate of drug-likeness (QED) is 0.518. The van der Waals surface area contributed by atoms with Crippen molar-refractivity contribution in [3.8, 4) is 23.0 Å².